The average Bonchev–Trinajstić information content (AvgIpc) is 2.97. The maximum atomic E-state index is 12.5. The first-order chi connectivity index (χ1) is 12.1. The summed E-state index contributed by atoms with van der Waals surface area (Å²) in [5.41, 5.74) is 2.58. The summed E-state index contributed by atoms with van der Waals surface area (Å²) in [5, 5.41) is 0. The van der Waals surface area contributed by atoms with E-state index < -0.39 is 0 Å². The van der Waals surface area contributed by atoms with Crippen LogP contribution in [0.1, 0.15) is 22.3 Å². The van der Waals surface area contributed by atoms with E-state index in [4.69, 9.17) is 4.74 Å². The number of carbonyl (C=O) groups excluding carboxylic acids is 2. The maximum Gasteiger partial charge on any atom is 0.307 e. The third-order valence-electron chi connectivity index (χ3n) is 3.85. The zero-order valence-corrected chi connectivity index (χ0v) is 14.9. The normalized spacial score (nSPS) is 11.7. The number of nitrogens with zero attached hydrogens (tertiary/aromatic N) is 2. The number of fused-ring (bicyclic) bond motifs is 1. The van der Waals surface area contributed by atoms with Gasteiger partial charge in [0.1, 0.15) is 0 Å². The number of methoxy groups -OCH3 is 1. The molecular formula is C19H18N2O3S. The average molecular weight is 354 g/mol. The number of esters is 1. The molecule has 0 aliphatic heterocycles. The van der Waals surface area contributed by atoms with E-state index in [2.05, 4.69) is 4.99 Å². The Morgan fingerprint density at radius 3 is 2.56 bits per heavy atom. The van der Waals surface area contributed by atoms with Gasteiger partial charge in [0.25, 0.3) is 5.91 Å². The zero-order valence-electron chi connectivity index (χ0n) is 14.1. The highest BCUT2D eigenvalue weighted by atomic mass is 32.1. The minimum absolute atomic E-state index is 0.225. The van der Waals surface area contributed by atoms with Crippen molar-refractivity contribution >= 4 is 33.4 Å². The summed E-state index contributed by atoms with van der Waals surface area (Å²) in [7, 11) is 1.37. The van der Waals surface area contributed by atoms with Crippen molar-refractivity contribution in [3.8, 4) is 0 Å². The molecule has 0 fully saturated rings. The molecule has 0 aliphatic carbocycles. The molecule has 0 bridgehead atoms. The Morgan fingerprint density at radius 2 is 1.84 bits per heavy atom. The number of benzene rings is 2. The fourth-order valence-electron chi connectivity index (χ4n) is 2.47. The number of para-hydroxylation sites is 1. The van der Waals surface area contributed by atoms with Crippen LogP contribution in [0, 0.1) is 6.92 Å². The van der Waals surface area contributed by atoms with Crippen LogP contribution in [0.15, 0.2) is 53.5 Å². The van der Waals surface area contributed by atoms with Gasteiger partial charge in [0.2, 0.25) is 0 Å². The lowest BCUT2D eigenvalue weighted by molar-refractivity contribution is -0.140. The van der Waals surface area contributed by atoms with E-state index in [1.165, 1.54) is 18.4 Å². The highest BCUT2D eigenvalue weighted by Gasteiger charge is 2.10. The van der Waals surface area contributed by atoms with Gasteiger partial charge in [-0.1, -0.05) is 41.2 Å². The minimum Gasteiger partial charge on any atom is -0.469 e. The van der Waals surface area contributed by atoms with Gasteiger partial charge in [0.15, 0.2) is 4.80 Å². The first-order valence-electron chi connectivity index (χ1n) is 7.89. The summed E-state index contributed by atoms with van der Waals surface area (Å²) in [4.78, 5) is 28.9. The molecule has 0 atom stereocenters. The van der Waals surface area contributed by atoms with Crippen LogP contribution in [0.4, 0.5) is 0 Å². The highest BCUT2D eigenvalue weighted by molar-refractivity contribution is 7.16. The molecule has 1 aromatic heterocycles. The van der Waals surface area contributed by atoms with Gasteiger partial charge in [-0.25, -0.2) is 0 Å². The quantitative estimate of drug-likeness (QED) is 0.675. The molecule has 6 heteroatoms. The number of ether oxygens (including phenoxy) is 1. The van der Waals surface area contributed by atoms with E-state index in [0.29, 0.717) is 16.9 Å². The van der Waals surface area contributed by atoms with Gasteiger partial charge in [-0.15, -0.1) is 0 Å². The van der Waals surface area contributed by atoms with E-state index in [1.807, 2.05) is 47.9 Å². The molecule has 1 heterocycles. The molecule has 0 saturated heterocycles. The summed E-state index contributed by atoms with van der Waals surface area (Å²) in [6, 6.07) is 15.1. The van der Waals surface area contributed by atoms with E-state index in [9.17, 15) is 9.59 Å². The summed E-state index contributed by atoms with van der Waals surface area (Å²) >= 11 is 1.43. The fraction of sp³-hybridized carbons (Fsp3) is 0.211. The summed E-state index contributed by atoms with van der Waals surface area (Å²) in [6.45, 7) is 2.38. The number of aryl methyl sites for hydroxylation is 2. The number of hydrogen-bond acceptors (Lipinski definition) is 4. The lowest BCUT2D eigenvalue weighted by Gasteiger charge is -2.04. The van der Waals surface area contributed by atoms with Crippen LogP contribution in [-0.4, -0.2) is 23.6 Å². The number of carbonyl (C=O) groups is 2. The van der Waals surface area contributed by atoms with Crippen LogP contribution in [0.5, 0.6) is 0 Å². The molecule has 0 unspecified atom stereocenters. The Labute approximate surface area is 149 Å². The van der Waals surface area contributed by atoms with Crippen LogP contribution in [0.3, 0.4) is 0 Å². The maximum absolute atomic E-state index is 12.5. The van der Waals surface area contributed by atoms with Crippen molar-refractivity contribution in [2.45, 2.75) is 19.9 Å². The summed E-state index contributed by atoms with van der Waals surface area (Å²) in [5.74, 6) is -0.586. The van der Waals surface area contributed by atoms with Crippen LogP contribution >= 0.6 is 11.3 Å². The van der Waals surface area contributed by atoms with E-state index in [0.717, 1.165) is 15.8 Å². The second kappa shape index (κ2) is 7.44. The largest absolute Gasteiger partial charge is 0.469 e. The first kappa shape index (κ1) is 17.1. The Hall–Kier alpha value is -2.73. The number of rotatable bonds is 4. The number of hydrogen-bond donors (Lipinski definition) is 0. The minimum atomic E-state index is -0.293. The molecule has 3 rings (SSSR count). The third kappa shape index (κ3) is 3.85. The fourth-order valence-corrected chi connectivity index (χ4v) is 3.53. The van der Waals surface area contributed by atoms with Crippen LogP contribution in [0.2, 0.25) is 0 Å². The monoisotopic (exact) mass is 354 g/mol. The predicted molar refractivity (Wildman–Crippen MR) is 97.5 cm³/mol. The second-order valence-corrected chi connectivity index (χ2v) is 6.62. The van der Waals surface area contributed by atoms with Crippen molar-refractivity contribution in [2.24, 2.45) is 4.99 Å². The molecule has 0 radical (unpaired) electrons. The Morgan fingerprint density at radius 1 is 1.12 bits per heavy atom. The van der Waals surface area contributed by atoms with Crippen LogP contribution in [-0.2, 0) is 16.1 Å². The van der Waals surface area contributed by atoms with Gasteiger partial charge in [0, 0.05) is 12.1 Å². The Balaban J connectivity index is 2.03. The molecule has 0 N–H and O–H groups in total. The van der Waals surface area contributed by atoms with Crippen molar-refractivity contribution in [1.29, 1.82) is 0 Å². The number of thiazole rings is 1. The molecule has 128 valence electrons. The first-order valence-corrected chi connectivity index (χ1v) is 8.71. The molecule has 1 amide bonds. The van der Waals surface area contributed by atoms with Gasteiger partial charge in [-0.2, -0.15) is 4.99 Å². The lowest BCUT2D eigenvalue weighted by atomic mass is 10.1. The van der Waals surface area contributed by atoms with E-state index in [1.54, 1.807) is 12.1 Å². The smallest absolute Gasteiger partial charge is 0.307 e. The summed E-state index contributed by atoms with van der Waals surface area (Å²) in [6.07, 6.45) is 0.225. The van der Waals surface area contributed by atoms with Gasteiger partial charge in [-0.3, -0.25) is 9.59 Å². The molecular weight excluding hydrogens is 336 g/mol. The molecule has 3 aromatic rings. The molecule has 0 saturated carbocycles. The van der Waals surface area contributed by atoms with Crippen molar-refractivity contribution in [3.05, 3.63) is 64.5 Å². The van der Waals surface area contributed by atoms with Gasteiger partial charge < -0.3 is 9.30 Å². The van der Waals surface area contributed by atoms with Crippen molar-refractivity contribution < 1.29 is 14.3 Å². The third-order valence-corrected chi connectivity index (χ3v) is 4.91. The van der Waals surface area contributed by atoms with Crippen molar-refractivity contribution in [2.75, 3.05) is 7.11 Å². The molecule has 0 spiro atoms. The number of amides is 1. The van der Waals surface area contributed by atoms with Crippen LogP contribution < -0.4 is 4.80 Å². The van der Waals surface area contributed by atoms with Gasteiger partial charge in [0.05, 0.1) is 23.7 Å². The lowest BCUT2D eigenvalue weighted by Crippen LogP contribution is -2.19. The molecule has 25 heavy (non-hydrogen) atoms. The van der Waals surface area contributed by atoms with Gasteiger partial charge >= 0.3 is 5.97 Å². The van der Waals surface area contributed by atoms with Gasteiger partial charge in [-0.05, 0) is 31.2 Å². The molecule has 0 aliphatic rings. The van der Waals surface area contributed by atoms with E-state index >= 15 is 0 Å². The summed E-state index contributed by atoms with van der Waals surface area (Å²) < 4.78 is 7.62. The molecule has 2 aromatic carbocycles. The van der Waals surface area contributed by atoms with Crippen molar-refractivity contribution in [1.82, 2.24) is 4.57 Å². The zero-order chi connectivity index (χ0) is 17.8. The predicted octanol–water partition coefficient (Wildman–Crippen LogP) is 3.32. The van der Waals surface area contributed by atoms with Crippen LogP contribution in [0.25, 0.3) is 10.2 Å². The SMILES string of the molecule is COC(=O)CCn1c(=NC(=O)c2ccc(C)cc2)sc2ccccc21. The topological polar surface area (TPSA) is 60.7 Å². The van der Waals surface area contributed by atoms with E-state index in [-0.39, 0.29) is 18.3 Å². The van der Waals surface area contributed by atoms with Crippen molar-refractivity contribution in [3.63, 3.8) is 0 Å². The molecule has 5 nitrogen and oxygen atoms in total. The second-order valence-electron chi connectivity index (χ2n) is 5.61. The standard InChI is InChI=1S/C19H18N2O3S/c1-13-7-9-14(10-8-13)18(23)20-19-21(12-11-17(22)24-2)15-5-3-4-6-16(15)25-19/h3-10H,11-12H2,1-2H3. The number of aromatic nitrogens is 1. The Bertz CT molecular complexity index is 984. The highest BCUT2D eigenvalue weighted by Crippen LogP contribution is 2.17. The Kier molecular flexibility index (Phi) is 5.09.